The van der Waals surface area contributed by atoms with Crippen molar-refractivity contribution in [3.8, 4) is 23.1 Å². The lowest BCUT2D eigenvalue weighted by Gasteiger charge is -2.26. The minimum atomic E-state index is -0.804. The molecule has 1 N–H and O–H groups in total. The summed E-state index contributed by atoms with van der Waals surface area (Å²) in [4.78, 5) is 77.0. The molecule has 0 saturated heterocycles. The highest BCUT2D eigenvalue weighted by molar-refractivity contribution is 5.84. The Morgan fingerprint density at radius 1 is 0.636 bits per heavy atom. The third-order valence-corrected chi connectivity index (χ3v) is 10.8. The number of rotatable bonds is 1. The third kappa shape index (κ3) is 4.97. The second-order valence-electron chi connectivity index (χ2n) is 14.3. The van der Waals surface area contributed by atoms with E-state index in [0.717, 1.165) is 6.42 Å². The van der Waals surface area contributed by atoms with E-state index in [4.69, 9.17) is 24.4 Å². The van der Waals surface area contributed by atoms with Gasteiger partial charge in [0.1, 0.15) is 51.6 Å². The molecule has 1 unspecified atom stereocenters. The molecule has 8 aromatic rings. The molecule has 10 rings (SSSR count). The van der Waals surface area contributed by atoms with Crippen molar-refractivity contribution in [2.24, 2.45) is 0 Å². The highest BCUT2D eigenvalue weighted by Gasteiger charge is 2.30. The standard InChI is InChI=1S/C39H34N10O6/c1-20-4-5-21(2)55-28-13-17-41-37-33(28)48(30-10-8-23-25(50)14-18-45(20)35(23)43-30)39(53)49(37)31-11-6-22(3)54-27-12-16-40-34-32(27)47(38(52)44-34)29-9-7-24-26(51)15-19-46(31)36(24)42-29/h7-10,12-22,31H,4-6,11H2,1-3H3,(H,40,44,52)/t20-,21?,22+,31-/m1/s1. The monoisotopic (exact) mass is 738 g/mol. The highest BCUT2D eigenvalue weighted by atomic mass is 16.5. The van der Waals surface area contributed by atoms with Crippen LogP contribution in [0.3, 0.4) is 0 Å². The van der Waals surface area contributed by atoms with Gasteiger partial charge in [0.05, 0.1) is 23.0 Å². The van der Waals surface area contributed by atoms with E-state index in [9.17, 15) is 14.4 Å². The van der Waals surface area contributed by atoms with Crippen LogP contribution in [0.1, 0.15) is 58.7 Å². The number of imidazole rings is 2. The molecule has 55 heavy (non-hydrogen) atoms. The Hall–Kier alpha value is -6.84. The molecule has 0 aromatic carbocycles. The lowest BCUT2D eigenvalue weighted by Crippen LogP contribution is -2.33. The van der Waals surface area contributed by atoms with Crippen LogP contribution in [0.5, 0.6) is 11.5 Å². The van der Waals surface area contributed by atoms with Gasteiger partial charge < -0.3 is 18.6 Å². The second-order valence-corrected chi connectivity index (χ2v) is 14.3. The third-order valence-electron chi connectivity index (χ3n) is 10.8. The summed E-state index contributed by atoms with van der Waals surface area (Å²) in [7, 11) is 0. The van der Waals surface area contributed by atoms with Gasteiger partial charge in [-0.25, -0.2) is 38.7 Å². The first kappa shape index (κ1) is 32.8. The van der Waals surface area contributed by atoms with E-state index in [1.165, 1.54) is 15.2 Å². The summed E-state index contributed by atoms with van der Waals surface area (Å²) in [6.07, 6.45) is 7.32. The zero-order valence-corrected chi connectivity index (χ0v) is 30.0. The minimum Gasteiger partial charge on any atom is -0.488 e. The molecule has 4 atom stereocenters. The Kier molecular flexibility index (Phi) is 7.21. The number of fused-ring (bicyclic) bond motifs is 4. The highest BCUT2D eigenvalue weighted by Crippen LogP contribution is 2.34. The molecule has 2 aliphatic heterocycles. The molecule has 4 bridgehead atoms. The van der Waals surface area contributed by atoms with Crippen LogP contribution in [0.2, 0.25) is 0 Å². The Balaban J connectivity index is 1.28. The number of aromatic amines is 1. The van der Waals surface area contributed by atoms with Gasteiger partial charge in [-0.3, -0.25) is 19.1 Å². The number of aromatic nitrogens is 10. The first-order valence-electron chi connectivity index (χ1n) is 18.3. The van der Waals surface area contributed by atoms with Gasteiger partial charge in [0.15, 0.2) is 22.2 Å². The van der Waals surface area contributed by atoms with Crippen LogP contribution in [0.4, 0.5) is 0 Å². The molecule has 0 saturated carbocycles. The maximum Gasteiger partial charge on any atom is 0.338 e. The number of hydrogen-bond donors (Lipinski definition) is 1. The van der Waals surface area contributed by atoms with Gasteiger partial charge >= 0.3 is 11.4 Å². The van der Waals surface area contributed by atoms with Crippen molar-refractivity contribution in [1.29, 1.82) is 0 Å². The van der Waals surface area contributed by atoms with Crippen molar-refractivity contribution >= 4 is 44.4 Å². The quantitative estimate of drug-likeness (QED) is 0.254. The fraction of sp³-hybridized carbons (Fsp3) is 0.282. The molecule has 0 spiro atoms. The minimum absolute atomic E-state index is 0.0116. The van der Waals surface area contributed by atoms with E-state index < -0.39 is 23.6 Å². The van der Waals surface area contributed by atoms with E-state index in [-0.39, 0.29) is 40.3 Å². The topological polar surface area (TPSA) is 179 Å². The van der Waals surface area contributed by atoms with Crippen molar-refractivity contribution in [2.75, 3.05) is 0 Å². The molecule has 0 radical (unpaired) electrons. The molecule has 276 valence electrons. The van der Waals surface area contributed by atoms with Crippen LogP contribution >= 0.6 is 0 Å². The fourth-order valence-electron chi connectivity index (χ4n) is 8.06. The average molecular weight is 739 g/mol. The molecule has 16 heteroatoms. The number of hydrogen-bond acceptors (Lipinski definition) is 10. The largest absolute Gasteiger partial charge is 0.488 e. The van der Waals surface area contributed by atoms with Crippen molar-refractivity contribution in [3.05, 3.63) is 115 Å². The molecule has 0 fully saturated rings. The number of nitrogens with one attached hydrogen (secondary N) is 1. The summed E-state index contributed by atoms with van der Waals surface area (Å²) >= 11 is 0. The lowest BCUT2D eigenvalue weighted by atomic mass is 10.1. The van der Waals surface area contributed by atoms with Crippen LogP contribution in [0, 0.1) is 0 Å². The van der Waals surface area contributed by atoms with E-state index >= 15 is 4.79 Å². The maximum atomic E-state index is 15.3. The van der Waals surface area contributed by atoms with Crippen LogP contribution in [0.15, 0.2) is 92.5 Å². The number of ether oxygens (including phenoxy) is 2. The van der Waals surface area contributed by atoms with Crippen molar-refractivity contribution in [2.45, 2.75) is 70.9 Å². The normalized spacial score (nSPS) is 19.8. The van der Waals surface area contributed by atoms with Crippen LogP contribution in [-0.2, 0) is 0 Å². The predicted molar refractivity (Wildman–Crippen MR) is 204 cm³/mol. The average Bonchev–Trinajstić information content (AvgIpc) is 3.67. The van der Waals surface area contributed by atoms with Gasteiger partial charge in [-0.2, -0.15) is 0 Å². The van der Waals surface area contributed by atoms with Gasteiger partial charge in [-0.1, -0.05) is 0 Å². The molecular formula is C39H34N10O6. The molecule has 2 aliphatic rings. The molecule has 0 amide bonds. The first-order valence-corrected chi connectivity index (χ1v) is 18.3. The smallest absolute Gasteiger partial charge is 0.338 e. The number of H-pyrrole nitrogens is 1. The summed E-state index contributed by atoms with van der Waals surface area (Å²) < 4.78 is 21.3. The van der Waals surface area contributed by atoms with E-state index in [2.05, 4.69) is 16.9 Å². The molecule has 10 heterocycles. The van der Waals surface area contributed by atoms with Crippen LogP contribution < -0.4 is 31.7 Å². The molecule has 8 aromatic heterocycles. The van der Waals surface area contributed by atoms with Crippen LogP contribution in [0.25, 0.3) is 56.0 Å². The van der Waals surface area contributed by atoms with Gasteiger partial charge in [-0.15, -0.1) is 0 Å². The van der Waals surface area contributed by atoms with Gasteiger partial charge in [-0.05, 0) is 70.7 Å². The zero-order chi connectivity index (χ0) is 37.7. The second kappa shape index (κ2) is 12.1. The van der Waals surface area contributed by atoms with E-state index in [0.29, 0.717) is 69.5 Å². The zero-order valence-electron chi connectivity index (χ0n) is 30.0. The van der Waals surface area contributed by atoms with Crippen LogP contribution in [-0.4, -0.2) is 60.0 Å². The van der Waals surface area contributed by atoms with E-state index in [1.807, 2.05) is 18.4 Å². The lowest BCUT2D eigenvalue weighted by molar-refractivity contribution is 0.196. The Bertz CT molecular complexity index is 3130. The fourth-order valence-corrected chi connectivity index (χ4v) is 8.06. The predicted octanol–water partition coefficient (Wildman–Crippen LogP) is 4.36. The van der Waals surface area contributed by atoms with Gasteiger partial charge in [0, 0.05) is 55.1 Å². The van der Waals surface area contributed by atoms with Crippen molar-refractivity contribution < 1.29 is 9.47 Å². The summed E-state index contributed by atoms with van der Waals surface area (Å²) in [6.45, 7) is 5.98. The number of pyridine rings is 6. The molecule has 16 nitrogen and oxygen atoms in total. The van der Waals surface area contributed by atoms with E-state index in [1.54, 1.807) is 76.4 Å². The van der Waals surface area contributed by atoms with Crippen molar-refractivity contribution in [1.82, 2.24) is 47.8 Å². The Morgan fingerprint density at radius 3 is 1.95 bits per heavy atom. The summed E-state index contributed by atoms with van der Waals surface area (Å²) in [5, 5.41) is 0.744. The summed E-state index contributed by atoms with van der Waals surface area (Å²) in [5.74, 6) is 1.40. The maximum absolute atomic E-state index is 15.3. The first-order chi connectivity index (χ1) is 26.7. The number of nitrogens with zero attached hydrogens (tertiary/aromatic N) is 9. The van der Waals surface area contributed by atoms with Gasteiger partial charge in [0.25, 0.3) is 0 Å². The molecule has 0 aliphatic carbocycles. The van der Waals surface area contributed by atoms with Crippen molar-refractivity contribution in [3.63, 3.8) is 0 Å². The Labute approximate surface area is 309 Å². The molecular weight excluding hydrogens is 704 g/mol. The summed E-state index contributed by atoms with van der Waals surface area (Å²) in [5.41, 5.74) is 0.820. The summed E-state index contributed by atoms with van der Waals surface area (Å²) in [6, 6.07) is 13.0. The SMILES string of the molecule is CC1CC[C@@H](C)n2ccc(=O)c3ccc(nc32)-n2c(=O)n([C@@H]3CC[C@H](C)Oc4ccnc5[nH]c(=O)n(c45)-c4ccc5c(=O)ccn3c5n4)c3nccc(c32)O1. The Morgan fingerprint density at radius 2 is 1.24 bits per heavy atom. The van der Waals surface area contributed by atoms with Gasteiger partial charge in [0.2, 0.25) is 0 Å².